The average molecular weight is 351 g/mol. The van der Waals surface area contributed by atoms with Crippen LogP contribution in [0.15, 0.2) is 30.3 Å². The maximum absolute atomic E-state index is 4.57. The standard InChI is InChI=1S/C21H29N5/c1-16-22-20(24-17-7-3-2-4-8-17)15-21(23-16)25-18-9-11-19(12-10-18)26-13-5-6-14-26/h9-12,15,17H,2-8,13-14H2,1H3,(H2,22,23,24,25). The molecule has 5 heteroatoms. The van der Waals surface area contributed by atoms with E-state index in [1.807, 2.05) is 13.0 Å². The van der Waals surface area contributed by atoms with Gasteiger partial charge < -0.3 is 15.5 Å². The second-order valence-electron chi connectivity index (χ2n) is 7.53. The molecule has 0 radical (unpaired) electrons. The number of hydrogen-bond donors (Lipinski definition) is 2. The molecule has 2 aliphatic rings. The molecule has 2 fully saturated rings. The van der Waals surface area contributed by atoms with Crippen LogP contribution < -0.4 is 15.5 Å². The van der Waals surface area contributed by atoms with E-state index in [4.69, 9.17) is 0 Å². The summed E-state index contributed by atoms with van der Waals surface area (Å²) >= 11 is 0. The van der Waals surface area contributed by atoms with Crippen LogP contribution in [0.2, 0.25) is 0 Å². The van der Waals surface area contributed by atoms with E-state index in [9.17, 15) is 0 Å². The lowest BCUT2D eigenvalue weighted by atomic mass is 9.95. The Morgan fingerprint density at radius 3 is 2.31 bits per heavy atom. The molecule has 1 aromatic heterocycles. The first kappa shape index (κ1) is 17.1. The Bertz CT molecular complexity index is 716. The van der Waals surface area contributed by atoms with Crippen LogP contribution in [-0.4, -0.2) is 29.1 Å². The van der Waals surface area contributed by atoms with Crippen molar-refractivity contribution in [1.82, 2.24) is 9.97 Å². The summed E-state index contributed by atoms with van der Waals surface area (Å²) in [6, 6.07) is 11.2. The smallest absolute Gasteiger partial charge is 0.136 e. The summed E-state index contributed by atoms with van der Waals surface area (Å²) in [6.07, 6.45) is 9.08. The zero-order chi connectivity index (χ0) is 17.8. The zero-order valence-electron chi connectivity index (χ0n) is 15.7. The van der Waals surface area contributed by atoms with Gasteiger partial charge in [0.25, 0.3) is 0 Å². The van der Waals surface area contributed by atoms with Gasteiger partial charge in [-0.15, -0.1) is 0 Å². The molecule has 26 heavy (non-hydrogen) atoms. The quantitative estimate of drug-likeness (QED) is 0.804. The van der Waals surface area contributed by atoms with Gasteiger partial charge in [-0.3, -0.25) is 0 Å². The molecule has 1 saturated carbocycles. The number of anilines is 4. The van der Waals surface area contributed by atoms with Gasteiger partial charge >= 0.3 is 0 Å². The fraction of sp³-hybridized carbons (Fsp3) is 0.524. The third kappa shape index (κ3) is 4.26. The molecule has 1 aliphatic heterocycles. The number of aromatic nitrogens is 2. The number of nitrogens with zero attached hydrogens (tertiary/aromatic N) is 3. The maximum atomic E-state index is 4.57. The van der Waals surface area contributed by atoms with Crippen LogP contribution in [0.4, 0.5) is 23.0 Å². The monoisotopic (exact) mass is 351 g/mol. The summed E-state index contributed by atoms with van der Waals surface area (Å²) in [4.78, 5) is 11.6. The molecule has 5 nitrogen and oxygen atoms in total. The van der Waals surface area contributed by atoms with E-state index in [-0.39, 0.29) is 0 Å². The van der Waals surface area contributed by atoms with E-state index in [1.54, 1.807) is 0 Å². The first-order valence-electron chi connectivity index (χ1n) is 10.0. The predicted octanol–water partition coefficient (Wildman–Crippen LogP) is 4.87. The molecule has 1 aliphatic carbocycles. The lowest BCUT2D eigenvalue weighted by Gasteiger charge is -2.23. The maximum Gasteiger partial charge on any atom is 0.136 e. The van der Waals surface area contributed by atoms with Crippen LogP contribution in [-0.2, 0) is 0 Å². The number of nitrogens with one attached hydrogen (secondary N) is 2. The molecular weight excluding hydrogens is 322 g/mol. The largest absolute Gasteiger partial charge is 0.372 e. The fourth-order valence-electron chi connectivity index (χ4n) is 4.04. The molecule has 4 rings (SSSR count). The summed E-state index contributed by atoms with van der Waals surface area (Å²) in [5, 5.41) is 7.03. The van der Waals surface area contributed by atoms with E-state index in [0.29, 0.717) is 6.04 Å². The van der Waals surface area contributed by atoms with E-state index < -0.39 is 0 Å². The highest BCUT2D eigenvalue weighted by Crippen LogP contribution is 2.25. The van der Waals surface area contributed by atoms with Gasteiger partial charge in [0, 0.05) is 36.6 Å². The first-order chi connectivity index (χ1) is 12.8. The number of benzene rings is 1. The fourth-order valence-corrected chi connectivity index (χ4v) is 4.04. The molecular formula is C21H29N5. The Labute approximate surface area is 156 Å². The lowest BCUT2D eigenvalue weighted by molar-refractivity contribution is 0.462. The van der Waals surface area contributed by atoms with Gasteiger partial charge in [0.05, 0.1) is 0 Å². The van der Waals surface area contributed by atoms with Gasteiger partial charge in [0.15, 0.2) is 0 Å². The van der Waals surface area contributed by atoms with Crippen LogP contribution >= 0.6 is 0 Å². The molecule has 2 heterocycles. The topological polar surface area (TPSA) is 53.1 Å². The van der Waals surface area contributed by atoms with Crippen LogP contribution in [0.25, 0.3) is 0 Å². The summed E-state index contributed by atoms with van der Waals surface area (Å²) in [5.74, 6) is 2.58. The van der Waals surface area contributed by atoms with Crippen molar-refractivity contribution >= 4 is 23.0 Å². The second-order valence-corrected chi connectivity index (χ2v) is 7.53. The van der Waals surface area contributed by atoms with Crippen molar-refractivity contribution in [1.29, 1.82) is 0 Å². The SMILES string of the molecule is Cc1nc(Nc2ccc(N3CCCC3)cc2)cc(NC2CCCCC2)n1. The highest BCUT2D eigenvalue weighted by atomic mass is 15.1. The van der Waals surface area contributed by atoms with Gasteiger partial charge in [0.1, 0.15) is 17.5 Å². The summed E-state index contributed by atoms with van der Waals surface area (Å²) in [6.45, 7) is 4.30. The van der Waals surface area contributed by atoms with Crippen molar-refractivity contribution in [2.24, 2.45) is 0 Å². The second kappa shape index (κ2) is 7.94. The van der Waals surface area contributed by atoms with Crippen LogP contribution in [0.1, 0.15) is 50.8 Å². The number of rotatable bonds is 5. The molecule has 1 saturated heterocycles. The molecule has 2 aromatic rings. The minimum atomic E-state index is 0.547. The summed E-state index contributed by atoms with van der Waals surface area (Å²) in [5.41, 5.74) is 2.38. The Kier molecular flexibility index (Phi) is 5.23. The Morgan fingerprint density at radius 1 is 0.885 bits per heavy atom. The lowest BCUT2D eigenvalue weighted by Crippen LogP contribution is -2.23. The van der Waals surface area contributed by atoms with Crippen LogP contribution in [0.3, 0.4) is 0 Å². The van der Waals surface area contributed by atoms with Crippen molar-refractivity contribution in [3.8, 4) is 0 Å². The molecule has 0 atom stereocenters. The molecule has 0 unspecified atom stereocenters. The van der Waals surface area contributed by atoms with Gasteiger partial charge in [-0.1, -0.05) is 19.3 Å². The average Bonchev–Trinajstić information content (AvgIpc) is 3.17. The highest BCUT2D eigenvalue weighted by molar-refractivity contribution is 5.62. The Hall–Kier alpha value is -2.30. The molecule has 0 amide bonds. The van der Waals surface area contributed by atoms with Crippen molar-refractivity contribution in [3.63, 3.8) is 0 Å². The van der Waals surface area contributed by atoms with E-state index in [0.717, 1.165) is 23.1 Å². The van der Waals surface area contributed by atoms with E-state index >= 15 is 0 Å². The van der Waals surface area contributed by atoms with Crippen molar-refractivity contribution in [3.05, 3.63) is 36.2 Å². The highest BCUT2D eigenvalue weighted by Gasteiger charge is 2.15. The third-order valence-corrected chi connectivity index (χ3v) is 5.41. The van der Waals surface area contributed by atoms with Crippen LogP contribution in [0.5, 0.6) is 0 Å². The summed E-state index contributed by atoms with van der Waals surface area (Å²) in [7, 11) is 0. The van der Waals surface area contributed by atoms with Crippen molar-refractivity contribution in [2.45, 2.75) is 57.9 Å². The number of hydrogen-bond acceptors (Lipinski definition) is 5. The van der Waals surface area contributed by atoms with Crippen molar-refractivity contribution in [2.75, 3.05) is 28.6 Å². The normalized spacial score (nSPS) is 18.1. The van der Waals surface area contributed by atoms with E-state index in [1.165, 1.54) is 63.7 Å². The van der Waals surface area contributed by atoms with E-state index in [2.05, 4.69) is 49.8 Å². The predicted molar refractivity (Wildman–Crippen MR) is 108 cm³/mol. The minimum absolute atomic E-state index is 0.547. The molecule has 0 bridgehead atoms. The molecule has 138 valence electrons. The summed E-state index contributed by atoms with van der Waals surface area (Å²) < 4.78 is 0. The minimum Gasteiger partial charge on any atom is -0.372 e. The Morgan fingerprint density at radius 2 is 1.58 bits per heavy atom. The van der Waals surface area contributed by atoms with Gasteiger partial charge in [-0.2, -0.15) is 0 Å². The third-order valence-electron chi connectivity index (χ3n) is 5.41. The zero-order valence-corrected chi connectivity index (χ0v) is 15.7. The molecule has 1 aromatic carbocycles. The number of aryl methyl sites for hydroxylation is 1. The first-order valence-corrected chi connectivity index (χ1v) is 10.0. The van der Waals surface area contributed by atoms with Crippen molar-refractivity contribution < 1.29 is 0 Å². The van der Waals surface area contributed by atoms with Gasteiger partial charge in [-0.25, -0.2) is 9.97 Å². The molecule has 2 N–H and O–H groups in total. The van der Waals surface area contributed by atoms with Gasteiger partial charge in [-0.05, 0) is 56.9 Å². The van der Waals surface area contributed by atoms with Crippen LogP contribution in [0, 0.1) is 6.92 Å². The molecule has 0 spiro atoms. The van der Waals surface area contributed by atoms with Gasteiger partial charge in [0.2, 0.25) is 0 Å². The Balaban J connectivity index is 1.43.